The van der Waals surface area contributed by atoms with Crippen LogP contribution in [0.3, 0.4) is 0 Å². The average Bonchev–Trinajstić information content (AvgIpc) is 3.15. The molecule has 3 heterocycles. The summed E-state index contributed by atoms with van der Waals surface area (Å²) in [5.41, 5.74) is -3.38. The normalized spacial score (nSPS) is 27.5. The zero-order chi connectivity index (χ0) is 21.4. The Bertz CT molecular complexity index is 1080. The van der Waals surface area contributed by atoms with Crippen molar-refractivity contribution in [1.29, 1.82) is 0 Å². The van der Waals surface area contributed by atoms with E-state index >= 15 is 0 Å². The van der Waals surface area contributed by atoms with E-state index in [0.29, 0.717) is 12.0 Å². The highest BCUT2D eigenvalue weighted by atomic mass is 19.4. The second-order valence-electron chi connectivity index (χ2n) is 7.48. The molecule has 4 rings (SSSR count). The Morgan fingerprint density at radius 1 is 1.31 bits per heavy atom. The Balaban J connectivity index is 1.94. The zero-order valence-electron chi connectivity index (χ0n) is 15.5. The molecule has 0 spiro atoms. The Morgan fingerprint density at radius 3 is 2.55 bits per heavy atom. The van der Waals surface area contributed by atoms with Crippen molar-refractivity contribution in [3.63, 3.8) is 0 Å². The molecule has 0 amide bonds. The summed E-state index contributed by atoms with van der Waals surface area (Å²) in [4.78, 5) is 2.90. The van der Waals surface area contributed by atoms with Gasteiger partial charge in [0.05, 0.1) is 35.2 Å². The first-order valence-corrected chi connectivity index (χ1v) is 8.71. The summed E-state index contributed by atoms with van der Waals surface area (Å²) < 4.78 is 52.6. The number of halogens is 3. The van der Waals surface area contributed by atoms with E-state index in [1.165, 1.54) is 12.3 Å². The van der Waals surface area contributed by atoms with Gasteiger partial charge in [-0.25, -0.2) is 4.85 Å². The molecule has 2 unspecified atom stereocenters. The molecular formula is C20H17F3N2O4. The van der Waals surface area contributed by atoms with E-state index in [2.05, 4.69) is 11.4 Å². The molecule has 1 fully saturated rings. The van der Waals surface area contributed by atoms with Gasteiger partial charge in [0.2, 0.25) is 11.8 Å². The highest BCUT2D eigenvalue weighted by Gasteiger charge is 2.65. The second-order valence-corrected chi connectivity index (χ2v) is 7.48. The minimum absolute atomic E-state index is 0.123. The smallest absolute Gasteiger partial charge is 0.407 e. The van der Waals surface area contributed by atoms with Crippen LogP contribution in [-0.4, -0.2) is 20.9 Å². The summed E-state index contributed by atoms with van der Waals surface area (Å²) in [7, 11) is 0. The third-order valence-corrected chi connectivity index (χ3v) is 5.70. The van der Waals surface area contributed by atoms with Crippen molar-refractivity contribution in [2.45, 2.75) is 43.8 Å². The fourth-order valence-corrected chi connectivity index (χ4v) is 4.53. The molecule has 9 heteroatoms. The number of aromatic hydroxyl groups is 2. The van der Waals surface area contributed by atoms with Crippen LogP contribution in [0.25, 0.3) is 10.5 Å². The first-order chi connectivity index (χ1) is 13.5. The van der Waals surface area contributed by atoms with Crippen LogP contribution in [-0.2, 0) is 26.9 Å². The van der Waals surface area contributed by atoms with Crippen LogP contribution >= 0.6 is 0 Å². The molecule has 0 radical (unpaired) electrons. The second kappa shape index (κ2) is 5.70. The molecule has 6 nitrogen and oxygen atoms in total. The van der Waals surface area contributed by atoms with Crippen molar-refractivity contribution in [3.8, 4) is 17.4 Å². The van der Waals surface area contributed by atoms with Crippen molar-refractivity contribution >= 4 is 5.69 Å². The molecule has 2 aliphatic rings. The number of rotatable bonds is 3. The van der Waals surface area contributed by atoms with Crippen LogP contribution < -0.4 is 0 Å². The largest absolute Gasteiger partial charge is 0.495 e. The minimum Gasteiger partial charge on any atom is -0.495 e. The van der Waals surface area contributed by atoms with Crippen LogP contribution in [0.1, 0.15) is 37.0 Å². The molecule has 0 aliphatic carbocycles. The lowest BCUT2D eigenvalue weighted by molar-refractivity contribution is -0.136. The van der Waals surface area contributed by atoms with Crippen LogP contribution in [0.4, 0.5) is 18.9 Å². The van der Waals surface area contributed by atoms with Crippen molar-refractivity contribution in [3.05, 3.63) is 59.1 Å². The summed E-state index contributed by atoms with van der Waals surface area (Å²) >= 11 is 0. The fraction of sp³-hybridized carbons (Fsp3) is 0.350. The molecule has 29 heavy (non-hydrogen) atoms. The summed E-state index contributed by atoms with van der Waals surface area (Å²) in [5, 5.41) is 21.7. The van der Waals surface area contributed by atoms with Crippen molar-refractivity contribution in [2.24, 2.45) is 0 Å². The van der Waals surface area contributed by atoms with Crippen LogP contribution in [0.15, 0.2) is 31.0 Å². The summed E-state index contributed by atoms with van der Waals surface area (Å²) in [6, 6.07) is 2.98. The predicted molar refractivity (Wildman–Crippen MR) is 95.8 cm³/mol. The van der Waals surface area contributed by atoms with Gasteiger partial charge in [-0.3, -0.25) is 4.57 Å². The molecule has 2 N–H and O–H groups in total. The Morgan fingerprint density at radius 2 is 1.97 bits per heavy atom. The molecule has 2 aromatic rings. The highest BCUT2D eigenvalue weighted by Crippen LogP contribution is 2.65. The van der Waals surface area contributed by atoms with Crippen LogP contribution in [0, 0.1) is 6.57 Å². The number of nitrogens with zero attached hydrogens (tertiary/aromatic N) is 2. The van der Waals surface area contributed by atoms with E-state index < -0.39 is 46.5 Å². The van der Waals surface area contributed by atoms with Gasteiger partial charge in [-0.05, 0) is 26.0 Å². The highest BCUT2D eigenvalue weighted by molar-refractivity contribution is 5.64. The molecule has 1 aromatic carbocycles. The lowest BCUT2D eigenvalue weighted by atomic mass is 9.78. The number of alkyl halides is 3. The van der Waals surface area contributed by atoms with E-state index in [1.54, 1.807) is 13.8 Å². The van der Waals surface area contributed by atoms with Gasteiger partial charge < -0.3 is 19.7 Å². The van der Waals surface area contributed by atoms with Gasteiger partial charge in [0.25, 0.3) is 0 Å². The maximum Gasteiger partial charge on any atom is 0.407 e. The lowest BCUT2D eigenvalue weighted by Crippen LogP contribution is -2.34. The first-order valence-electron chi connectivity index (χ1n) is 8.71. The number of hydrogen-bond donors (Lipinski definition) is 2. The Labute approximate surface area is 164 Å². The zero-order valence-corrected chi connectivity index (χ0v) is 15.5. The van der Waals surface area contributed by atoms with Gasteiger partial charge >= 0.3 is 6.18 Å². The van der Waals surface area contributed by atoms with Crippen molar-refractivity contribution in [2.75, 3.05) is 0 Å². The van der Waals surface area contributed by atoms with Crippen LogP contribution in [0.5, 0.6) is 11.8 Å². The number of fused-ring (bicyclic) bond motifs is 5. The summed E-state index contributed by atoms with van der Waals surface area (Å²) in [6.07, 6.45) is -3.63. The summed E-state index contributed by atoms with van der Waals surface area (Å²) in [5.74, 6) is -0.853. The standard InChI is InChI=1S/C20H17F3N2O4/c1-5-28-13-9-18(2)14-15(19(13,3)29-18)17(27)25(16(14)26)10-6-7-12(24-4)11(8-10)20(21,22)23/h5-8,13,26-27H,1,9H2,2-3H3/t13-,18?,19?/m0/s1. The van der Waals surface area contributed by atoms with E-state index in [1.807, 2.05) is 0 Å². The van der Waals surface area contributed by atoms with Gasteiger partial charge in [0.1, 0.15) is 17.3 Å². The number of hydrogen-bond acceptors (Lipinski definition) is 4. The minimum atomic E-state index is -4.76. The molecule has 152 valence electrons. The van der Waals surface area contributed by atoms with Gasteiger partial charge in [-0.1, -0.05) is 12.6 Å². The van der Waals surface area contributed by atoms with Gasteiger partial charge in [0.15, 0.2) is 5.69 Å². The topological polar surface area (TPSA) is 68.2 Å². The van der Waals surface area contributed by atoms with E-state index in [0.717, 1.165) is 16.7 Å². The van der Waals surface area contributed by atoms with Gasteiger partial charge in [0, 0.05) is 6.42 Å². The van der Waals surface area contributed by atoms with Crippen LogP contribution in [0.2, 0.25) is 0 Å². The molecular weight excluding hydrogens is 389 g/mol. The van der Waals surface area contributed by atoms with E-state index in [-0.39, 0.29) is 11.3 Å². The molecule has 1 saturated heterocycles. The SMILES string of the molecule is [C-]#[N+]c1ccc(-n2c(O)c3c(c2O)C2(C)OC3(C)C[C@@H]2OC=C)cc1C(F)(F)F. The molecule has 1 aromatic heterocycles. The fourth-order valence-electron chi connectivity index (χ4n) is 4.53. The predicted octanol–water partition coefficient (Wildman–Crippen LogP) is 4.85. The Kier molecular flexibility index (Phi) is 3.78. The lowest BCUT2D eigenvalue weighted by Gasteiger charge is -2.28. The number of ether oxygens (including phenoxy) is 2. The quantitative estimate of drug-likeness (QED) is 0.565. The molecule has 0 saturated carbocycles. The first kappa shape index (κ1) is 19.2. The van der Waals surface area contributed by atoms with Crippen molar-refractivity contribution < 1.29 is 32.9 Å². The third kappa shape index (κ3) is 2.39. The van der Waals surface area contributed by atoms with Gasteiger partial charge in [-0.2, -0.15) is 13.2 Å². The number of aromatic nitrogens is 1. The molecule has 2 bridgehead atoms. The Hall–Kier alpha value is -3.12. The van der Waals surface area contributed by atoms with E-state index in [4.69, 9.17) is 16.0 Å². The monoisotopic (exact) mass is 406 g/mol. The maximum atomic E-state index is 13.4. The molecule has 3 atom stereocenters. The summed E-state index contributed by atoms with van der Waals surface area (Å²) in [6.45, 7) is 13.9. The maximum absolute atomic E-state index is 13.4. The third-order valence-electron chi connectivity index (χ3n) is 5.70. The average molecular weight is 406 g/mol. The van der Waals surface area contributed by atoms with Crippen molar-refractivity contribution in [1.82, 2.24) is 4.57 Å². The molecule has 2 aliphatic heterocycles. The van der Waals surface area contributed by atoms with E-state index in [9.17, 15) is 23.4 Å². The number of benzene rings is 1. The van der Waals surface area contributed by atoms with Gasteiger partial charge in [-0.15, -0.1) is 0 Å².